The second-order valence-corrected chi connectivity index (χ2v) is 7.30. The Hall–Kier alpha value is -1.07. The molecule has 0 aromatic heterocycles. The van der Waals surface area contributed by atoms with Crippen LogP contribution in [0.15, 0.2) is 40.4 Å². The van der Waals surface area contributed by atoms with Crippen molar-refractivity contribution in [1.82, 2.24) is 9.80 Å². The van der Waals surface area contributed by atoms with Gasteiger partial charge in [-0.05, 0) is 34.0 Å². The maximum Gasteiger partial charge on any atom is 0.173 e. The minimum Gasteiger partial charge on any atom is -0.357 e. The van der Waals surface area contributed by atoms with E-state index in [1.165, 1.54) is 10.1 Å². The lowest BCUT2D eigenvalue weighted by molar-refractivity contribution is 0.102. The Balaban J connectivity index is 3.01. The molecular formula is C19H30N2OS2. The van der Waals surface area contributed by atoms with Crippen molar-refractivity contribution >= 4 is 29.3 Å². The molecule has 1 aromatic carbocycles. The van der Waals surface area contributed by atoms with Gasteiger partial charge in [0.15, 0.2) is 5.78 Å². The standard InChI is InChI=1S/C19H30N2OS2/c1-6-20(7-2)18(21(8-3)9-4)19(23-5)24-15-17(22)16-13-11-10-12-14-16/h10-14H,6-9,15H2,1-5H3. The van der Waals surface area contributed by atoms with Crippen LogP contribution in [-0.4, -0.2) is 53.8 Å². The van der Waals surface area contributed by atoms with Crippen LogP contribution >= 0.6 is 23.5 Å². The zero-order valence-corrected chi connectivity index (χ0v) is 17.2. The van der Waals surface area contributed by atoms with E-state index in [-0.39, 0.29) is 5.78 Å². The topological polar surface area (TPSA) is 23.6 Å². The highest BCUT2D eigenvalue weighted by Crippen LogP contribution is 2.33. The zero-order valence-electron chi connectivity index (χ0n) is 15.5. The molecule has 0 heterocycles. The number of nitrogens with zero attached hydrogens (tertiary/aromatic N) is 2. The van der Waals surface area contributed by atoms with Crippen molar-refractivity contribution in [3.63, 3.8) is 0 Å². The molecular weight excluding hydrogens is 336 g/mol. The Labute approximate surface area is 155 Å². The number of hydrogen-bond donors (Lipinski definition) is 0. The number of thioether (sulfide) groups is 2. The molecule has 0 unspecified atom stereocenters. The van der Waals surface area contributed by atoms with E-state index in [2.05, 4.69) is 43.8 Å². The maximum absolute atomic E-state index is 12.4. The van der Waals surface area contributed by atoms with Crippen molar-refractivity contribution in [3.05, 3.63) is 46.0 Å². The fraction of sp³-hybridized carbons (Fsp3) is 0.526. The first-order valence-corrected chi connectivity index (χ1v) is 10.8. The minimum atomic E-state index is 0.186. The molecule has 0 N–H and O–H groups in total. The molecule has 0 fully saturated rings. The van der Waals surface area contributed by atoms with Crippen LogP contribution in [-0.2, 0) is 0 Å². The number of hydrogen-bond acceptors (Lipinski definition) is 5. The van der Waals surface area contributed by atoms with Gasteiger partial charge in [0.2, 0.25) is 0 Å². The summed E-state index contributed by atoms with van der Waals surface area (Å²) >= 11 is 3.40. The molecule has 0 saturated carbocycles. The molecule has 0 amide bonds. The third kappa shape index (κ3) is 5.78. The van der Waals surface area contributed by atoms with Crippen molar-refractivity contribution < 1.29 is 4.79 Å². The summed E-state index contributed by atoms with van der Waals surface area (Å²) in [5.74, 6) is 1.93. The van der Waals surface area contributed by atoms with Gasteiger partial charge >= 0.3 is 0 Å². The van der Waals surface area contributed by atoms with Gasteiger partial charge in [0.25, 0.3) is 0 Å². The van der Waals surface area contributed by atoms with E-state index in [0.29, 0.717) is 5.75 Å². The fourth-order valence-electron chi connectivity index (χ4n) is 2.56. The van der Waals surface area contributed by atoms with Gasteiger partial charge in [0, 0.05) is 31.7 Å². The minimum absolute atomic E-state index is 0.186. The highest BCUT2D eigenvalue weighted by molar-refractivity contribution is 8.22. The van der Waals surface area contributed by atoms with Crippen LogP contribution in [0.1, 0.15) is 38.1 Å². The molecule has 0 aliphatic carbocycles. The van der Waals surface area contributed by atoms with Crippen molar-refractivity contribution in [1.29, 1.82) is 0 Å². The Morgan fingerprint density at radius 2 is 1.42 bits per heavy atom. The SMILES string of the molecule is CCN(CC)C(=C(SC)SCC(=O)c1ccccc1)N(CC)CC. The normalized spacial score (nSPS) is 10.4. The molecule has 1 aromatic rings. The molecule has 0 radical (unpaired) electrons. The summed E-state index contributed by atoms with van der Waals surface area (Å²) in [7, 11) is 0. The number of benzene rings is 1. The number of carbonyl (C=O) groups excluding carboxylic acids is 1. The van der Waals surface area contributed by atoms with Crippen LogP contribution in [0.5, 0.6) is 0 Å². The van der Waals surface area contributed by atoms with E-state index in [1.54, 1.807) is 23.5 Å². The molecule has 0 aliphatic heterocycles. The van der Waals surface area contributed by atoms with E-state index in [1.807, 2.05) is 30.3 Å². The average molecular weight is 367 g/mol. The molecule has 24 heavy (non-hydrogen) atoms. The van der Waals surface area contributed by atoms with Gasteiger partial charge in [-0.2, -0.15) is 0 Å². The van der Waals surface area contributed by atoms with E-state index in [9.17, 15) is 4.79 Å². The largest absolute Gasteiger partial charge is 0.357 e. The Morgan fingerprint density at radius 3 is 1.83 bits per heavy atom. The molecule has 0 aliphatic rings. The zero-order chi connectivity index (χ0) is 17.9. The number of Topliss-reactive ketones (excluding diaryl/α,β-unsaturated/α-hetero) is 1. The van der Waals surface area contributed by atoms with Crippen molar-refractivity contribution in [2.24, 2.45) is 0 Å². The van der Waals surface area contributed by atoms with E-state index in [0.717, 1.165) is 31.7 Å². The smallest absolute Gasteiger partial charge is 0.173 e. The fourth-order valence-corrected chi connectivity index (χ4v) is 4.46. The summed E-state index contributed by atoms with van der Waals surface area (Å²) in [6, 6.07) is 9.55. The molecule has 0 saturated heterocycles. The predicted molar refractivity (Wildman–Crippen MR) is 110 cm³/mol. The third-order valence-electron chi connectivity index (χ3n) is 3.92. The van der Waals surface area contributed by atoms with Crippen LogP contribution < -0.4 is 0 Å². The Bertz CT molecular complexity index is 509. The van der Waals surface area contributed by atoms with Crippen molar-refractivity contribution in [3.8, 4) is 0 Å². The summed E-state index contributed by atoms with van der Waals surface area (Å²) in [6.45, 7) is 12.6. The summed E-state index contributed by atoms with van der Waals surface area (Å²) in [5.41, 5.74) is 0.790. The quantitative estimate of drug-likeness (QED) is 0.525. The van der Waals surface area contributed by atoms with Crippen LogP contribution in [0, 0.1) is 0 Å². The van der Waals surface area contributed by atoms with Crippen LogP contribution in [0.3, 0.4) is 0 Å². The number of carbonyl (C=O) groups is 1. The highest BCUT2D eigenvalue weighted by Gasteiger charge is 2.19. The van der Waals surface area contributed by atoms with Gasteiger partial charge < -0.3 is 9.80 Å². The summed E-state index contributed by atoms with van der Waals surface area (Å²) < 4.78 is 1.23. The van der Waals surface area contributed by atoms with Gasteiger partial charge in [-0.1, -0.05) is 30.3 Å². The van der Waals surface area contributed by atoms with Gasteiger partial charge in [0.05, 0.1) is 9.99 Å². The lowest BCUT2D eigenvalue weighted by Crippen LogP contribution is -2.36. The Morgan fingerprint density at radius 1 is 0.917 bits per heavy atom. The van der Waals surface area contributed by atoms with Gasteiger partial charge in [-0.3, -0.25) is 4.79 Å². The second kappa shape index (κ2) is 11.5. The summed E-state index contributed by atoms with van der Waals surface area (Å²) in [5, 5.41) is 0. The Kier molecular flexibility index (Phi) is 10.0. The van der Waals surface area contributed by atoms with Crippen LogP contribution in [0.2, 0.25) is 0 Å². The summed E-state index contributed by atoms with van der Waals surface area (Å²) in [6.07, 6.45) is 2.10. The van der Waals surface area contributed by atoms with Gasteiger partial charge in [-0.15, -0.1) is 23.5 Å². The molecule has 0 spiro atoms. The molecule has 3 nitrogen and oxygen atoms in total. The first-order chi connectivity index (χ1) is 11.6. The van der Waals surface area contributed by atoms with E-state index >= 15 is 0 Å². The highest BCUT2D eigenvalue weighted by atomic mass is 32.2. The van der Waals surface area contributed by atoms with Gasteiger partial charge in [-0.25, -0.2) is 0 Å². The first kappa shape index (κ1) is 21.0. The molecule has 0 atom stereocenters. The predicted octanol–water partition coefficient (Wildman–Crippen LogP) is 4.78. The van der Waals surface area contributed by atoms with Crippen LogP contribution in [0.25, 0.3) is 0 Å². The molecule has 0 bridgehead atoms. The van der Waals surface area contributed by atoms with E-state index < -0.39 is 0 Å². The lowest BCUT2D eigenvalue weighted by Gasteiger charge is -2.35. The van der Waals surface area contributed by atoms with Crippen molar-refractivity contribution in [2.75, 3.05) is 38.2 Å². The molecule has 5 heteroatoms. The summed E-state index contributed by atoms with van der Waals surface area (Å²) in [4.78, 5) is 17.2. The van der Waals surface area contributed by atoms with E-state index in [4.69, 9.17) is 0 Å². The number of ketones is 1. The van der Waals surface area contributed by atoms with Gasteiger partial charge in [0.1, 0.15) is 5.82 Å². The monoisotopic (exact) mass is 366 g/mol. The first-order valence-electron chi connectivity index (χ1n) is 8.61. The third-order valence-corrected chi connectivity index (χ3v) is 6.18. The second-order valence-electron chi connectivity index (χ2n) is 5.24. The molecule has 134 valence electrons. The number of rotatable bonds is 11. The van der Waals surface area contributed by atoms with Crippen LogP contribution in [0.4, 0.5) is 0 Å². The maximum atomic E-state index is 12.4. The van der Waals surface area contributed by atoms with Crippen molar-refractivity contribution in [2.45, 2.75) is 27.7 Å². The molecule has 1 rings (SSSR count). The average Bonchev–Trinajstić information content (AvgIpc) is 2.64. The lowest BCUT2D eigenvalue weighted by atomic mass is 10.2.